The van der Waals surface area contributed by atoms with Crippen molar-refractivity contribution in [1.82, 2.24) is 9.47 Å². The summed E-state index contributed by atoms with van der Waals surface area (Å²) >= 11 is 0. The summed E-state index contributed by atoms with van der Waals surface area (Å²) in [6.45, 7) is 3.28. The van der Waals surface area contributed by atoms with Gasteiger partial charge in [-0.15, -0.1) is 0 Å². The Labute approximate surface area is 185 Å². The van der Waals surface area contributed by atoms with E-state index >= 15 is 0 Å². The van der Waals surface area contributed by atoms with Crippen LogP contribution < -0.4 is 15.9 Å². The molecule has 2 bridgehead atoms. The maximum atomic E-state index is 13.0. The van der Waals surface area contributed by atoms with Crippen molar-refractivity contribution >= 4 is 16.9 Å². The third kappa shape index (κ3) is 3.72. The summed E-state index contributed by atoms with van der Waals surface area (Å²) in [6.07, 6.45) is 2.92. The van der Waals surface area contributed by atoms with Crippen molar-refractivity contribution in [2.75, 3.05) is 19.7 Å². The normalized spacial score (nSPS) is 21.9. The highest BCUT2D eigenvalue weighted by atomic mass is 16.5. The van der Waals surface area contributed by atoms with E-state index in [1.165, 1.54) is 6.07 Å². The number of nitrogens with zero attached hydrogens (tertiary/aromatic N) is 2. The van der Waals surface area contributed by atoms with Gasteiger partial charge < -0.3 is 18.6 Å². The summed E-state index contributed by atoms with van der Waals surface area (Å²) < 4.78 is 12.9. The topological polar surface area (TPSA) is 81.8 Å². The van der Waals surface area contributed by atoms with Crippen molar-refractivity contribution in [3.8, 4) is 5.75 Å². The number of fused-ring (bicyclic) bond motifs is 5. The van der Waals surface area contributed by atoms with Gasteiger partial charge in [-0.2, -0.15) is 0 Å². The zero-order chi connectivity index (χ0) is 22.2. The van der Waals surface area contributed by atoms with Crippen LogP contribution in [0.3, 0.4) is 0 Å². The van der Waals surface area contributed by atoms with Crippen molar-refractivity contribution in [3.63, 3.8) is 0 Å². The number of rotatable bonds is 5. The zero-order valence-electron chi connectivity index (χ0n) is 18.0. The fraction of sp³-hybridized carbons (Fsp3) is 0.400. The van der Waals surface area contributed by atoms with E-state index in [0.717, 1.165) is 30.3 Å². The van der Waals surface area contributed by atoms with Gasteiger partial charge in [0.25, 0.3) is 11.5 Å². The predicted molar refractivity (Wildman–Crippen MR) is 120 cm³/mol. The van der Waals surface area contributed by atoms with Crippen molar-refractivity contribution in [2.45, 2.75) is 38.1 Å². The summed E-state index contributed by atoms with van der Waals surface area (Å²) in [5.41, 5.74) is 1.10. The molecule has 1 saturated heterocycles. The molecule has 1 fully saturated rings. The highest BCUT2D eigenvalue weighted by Crippen LogP contribution is 2.42. The summed E-state index contributed by atoms with van der Waals surface area (Å²) in [5, 5.41) is 0.794. The smallest absolute Gasteiger partial charge is 0.336 e. The summed E-state index contributed by atoms with van der Waals surface area (Å²) in [4.78, 5) is 39.0. The number of pyridine rings is 1. The van der Waals surface area contributed by atoms with Gasteiger partial charge >= 0.3 is 5.63 Å². The first-order chi connectivity index (χ1) is 15.5. The molecule has 166 valence electrons. The van der Waals surface area contributed by atoms with Crippen molar-refractivity contribution < 1.29 is 13.9 Å². The number of amides is 1. The zero-order valence-corrected chi connectivity index (χ0v) is 18.0. The van der Waals surface area contributed by atoms with Gasteiger partial charge in [0.2, 0.25) is 0 Å². The summed E-state index contributed by atoms with van der Waals surface area (Å²) in [7, 11) is 0. The molecule has 2 aliphatic heterocycles. The van der Waals surface area contributed by atoms with Gasteiger partial charge in [0, 0.05) is 54.3 Å². The Morgan fingerprint density at radius 1 is 1.12 bits per heavy atom. The SMILES string of the molecule is CCC[C@H]1[C@H]2C[C@H](CN(C(=O)COc3ccc4ccc(=O)oc4c3)C2)c2cccc(=O)n21. The number of carbonyl (C=O) groups excluding carboxylic acids is 1. The van der Waals surface area contributed by atoms with Crippen LogP contribution in [0, 0.1) is 5.92 Å². The van der Waals surface area contributed by atoms with E-state index < -0.39 is 5.63 Å². The summed E-state index contributed by atoms with van der Waals surface area (Å²) in [6, 6.07) is 13.9. The van der Waals surface area contributed by atoms with Gasteiger partial charge in [-0.3, -0.25) is 9.59 Å². The van der Waals surface area contributed by atoms with Crippen LogP contribution in [-0.2, 0) is 4.79 Å². The Balaban J connectivity index is 1.32. The van der Waals surface area contributed by atoms with Gasteiger partial charge in [0.05, 0.1) is 0 Å². The second kappa shape index (κ2) is 8.30. The van der Waals surface area contributed by atoms with Crippen LogP contribution in [0.25, 0.3) is 11.0 Å². The summed E-state index contributed by atoms with van der Waals surface area (Å²) in [5.74, 6) is 0.837. The molecular formula is C25H26N2O5. The molecular weight excluding hydrogens is 408 g/mol. The fourth-order valence-electron chi connectivity index (χ4n) is 5.28. The molecule has 0 aliphatic carbocycles. The van der Waals surface area contributed by atoms with E-state index in [2.05, 4.69) is 6.92 Å². The van der Waals surface area contributed by atoms with E-state index in [4.69, 9.17) is 9.15 Å². The third-order valence-electron chi connectivity index (χ3n) is 6.69. The van der Waals surface area contributed by atoms with Gasteiger partial charge in [-0.1, -0.05) is 19.4 Å². The van der Waals surface area contributed by atoms with Gasteiger partial charge in [-0.25, -0.2) is 4.79 Å². The Morgan fingerprint density at radius 3 is 2.81 bits per heavy atom. The lowest BCUT2D eigenvalue weighted by molar-refractivity contribution is -0.136. The maximum Gasteiger partial charge on any atom is 0.336 e. The van der Waals surface area contributed by atoms with Gasteiger partial charge in [0.1, 0.15) is 11.3 Å². The molecule has 0 unspecified atom stereocenters. The lowest BCUT2D eigenvalue weighted by Gasteiger charge is -2.47. The van der Waals surface area contributed by atoms with Crippen LogP contribution in [0.5, 0.6) is 5.75 Å². The number of hydrogen-bond acceptors (Lipinski definition) is 5. The second-order valence-electron chi connectivity index (χ2n) is 8.75. The number of hydrogen-bond donors (Lipinski definition) is 0. The molecule has 2 aromatic heterocycles. The first-order valence-electron chi connectivity index (χ1n) is 11.2. The molecule has 1 amide bonds. The lowest BCUT2D eigenvalue weighted by Crippen LogP contribution is -2.52. The van der Waals surface area contributed by atoms with E-state index in [1.807, 2.05) is 21.6 Å². The Hall–Kier alpha value is -3.35. The molecule has 0 radical (unpaired) electrons. The van der Waals surface area contributed by atoms with Crippen LogP contribution >= 0.6 is 0 Å². The molecule has 32 heavy (non-hydrogen) atoms. The minimum Gasteiger partial charge on any atom is -0.484 e. The van der Waals surface area contributed by atoms with Crippen LogP contribution in [-0.4, -0.2) is 35.1 Å². The molecule has 0 saturated carbocycles. The number of likely N-dealkylation sites (tertiary alicyclic amines) is 1. The highest BCUT2D eigenvalue weighted by molar-refractivity contribution is 5.79. The minimum absolute atomic E-state index is 0.0571. The Morgan fingerprint density at radius 2 is 1.97 bits per heavy atom. The molecule has 5 rings (SSSR count). The molecule has 7 nitrogen and oxygen atoms in total. The number of carbonyl (C=O) groups is 1. The average Bonchev–Trinajstić information content (AvgIpc) is 2.80. The molecule has 3 aromatic rings. The van der Waals surface area contributed by atoms with Crippen LogP contribution in [0.15, 0.2) is 62.5 Å². The standard InChI is InChI=1S/C25H26N2O5/c1-2-4-20-17-11-18(21-5-3-6-23(28)27(20)21)14-26(13-17)24(29)15-31-19-9-7-16-8-10-25(30)32-22(16)12-19/h3,5-10,12,17-18,20H,2,4,11,13-15H2,1H3/t17-,18+,20-/m0/s1. The van der Waals surface area contributed by atoms with Crippen molar-refractivity contribution in [2.24, 2.45) is 5.92 Å². The average molecular weight is 434 g/mol. The quantitative estimate of drug-likeness (QED) is 0.576. The molecule has 0 N–H and O–H groups in total. The monoisotopic (exact) mass is 434 g/mol. The largest absolute Gasteiger partial charge is 0.484 e. The molecule has 1 aromatic carbocycles. The first kappa shape index (κ1) is 20.5. The molecule has 3 atom stereocenters. The molecule has 4 heterocycles. The maximum absolute atomic E-state index is 13.0. The van der Waals surface area contributed by atoms with Gasteiger partial charge in [-0.05, 0) is 43.0 Å². The van der Waals surface area contributed by atoms with Crippen molar-refractivity contribution in [1.29, 1.82) is 0 Å². The first-order valence-corrected chi connectivity index (χ1v) is 11.2. The van der Waals surface area contributed by atoms with Crippen LogP contribution in [0.4, 0.5) is 0 Å². The molecule has 0 spiro atoms. The van der Waals surface area contributed by atoms with Gasteiger partial charge in [0.15, 0.2) is 6.61 Å². The fourth-order valence-corrected chi connectivity index (χ4v) is 5.28. The van der Waals surface area contributed by atoms with E-state index in [-0.39, 0.29) is 36.0 Å². The molecule has 2 aliphatic rings. The third-order valence-corrected chi connectivity index (χ3v) is 6.69. The Bertz CT molecular complexity index is 1280. The number of piperidine rings is 1. The second-order valence-corrected chi connectivity index (χ2v) is 8.75. The number of benzene rings is 1. The molecule has 7 heteroatoms. The minimum atomic E-state index is -0.424. The number of ether oxygens (including phenoxy) is 1. The highest BCUT2D eigenvalue weighted by Gasteiger charge is 2.41. The predicted octanol–water partition coefficient (Wildman–Crippen LogP) is 3.32. The lowest BCUT2D eigenvalue weighted by atomic mass is 9.77. The van der Waals surface area contributed by atoms with E-state index in [9.17, 15) is 14.4 Å². The van der Waals surface area contributed by atoms with Crippen molar-refractivity contribution in [3.05, 3.63) is 75.0 Å². The van der Waals surface area contributed by atoms with Crippen LogP contribution in [0.1, 0.15) is 43.8 Å². The van der Waals surface area contributed by atoms with E-state index in [1.54, 1.807) is 30.3 Å². The Kier molecular flexibility index (Phi) is 5.33. The van der Waals surface area contributed by atoms with E-state index in [0.29, 0.717) is 24.4 Å². The van der Waals surface area contributed by atoms with Crippen LogP contribution in [0.2, 0.25) is 0 Å². The number of aromatic nitrogens is 1.